The molecule has 2 aliphatic rings. The SMILES string of the molecule is CCN(CC)CCOC1CCN(C(=O)CC2CSCCN2)C1.Cl.Cl. The van der Waals surface area contributed by atoms with Crippen LogP contribution in [0.2, 0.25) is 0 Å². The van der Waals surface area contributed by atoms with Gasteiger partial charge in [0.1, 0.15) is 0 Å². The van der Waals surface area contributed by atoms with Gasteiger partial charge in [0.2, 0.25) is 5.91 Å². The van der Waals surface area contributed by atoms with Crippen LogP contribution in [0.3, 0.4) is 0 Å². The summed E-state index contributed by atoms with van der Waals surface area (Å²) in [5.74, 6) is 2.51. The standard InChI is InChI=1S/C16H31N3O2S.2ClH/c1-3-18(4-2)8-9-21-15-5-7-19(12-15)16(20)11-14-13-22-10-6-17-14;;/h14-15,17H,3-13H2,1-2H3;2*1H. The van der Waals surface area contributed by atoms with Crippen molar-refractivity contribution < 1.29 is 9.53 Å². The number of halogens is 2. The van der Waals surface area contributed by atoms with E-state index >= 15 is 0 Å². The van der Waals surface area contributed by atoms with Crippen LogP contribution in [0.25, 0.3) is 0 Å². The predicted molar refractivity (Wildman–Crippen MR) is 107 cm³/mol. The van der Waals surface area contributed by atoms with Crippen molar-refractivity contribution in [2.45, 2.75) is 38.8 Å². The lowest BCUT2D eigenvalue weighted by Crippen LogP contribution is -2.42. The van der Waals surface area contributed by atoms with E-state index in [1.807, 2.05) is 16.7 Å². The number of thioether (sulfide) groups is 1. The highest BCUT2D eigenvalue weighted by Gasteiger charge is 2.28. The van der Waals surface area contributed by atoms with Gasteiger partial charge in [-0.25, -0.2) is 0 Å². The molecule has 5 nitrogen and oxygen atoms in total. The first-order chi connectivity index (χ1) is 10.7. The van der Waals surface area contributed by atoms with E-state index in [0.29, 0.717) is 12.5 Å². The molecule has 0 bridgehead atoms. The van der Waals surface area contributed by atoms with Gasteiger partial charge in [-0.05, 0) is 19.5 Å². The Kier molecular flexibility index (Phi) is 13.6. The first-order valence-electron chi connectivity index (χ1n) is 8.65. The van der Waals surface area contributed by atoms with E-state index in [1.54, 1.807) is 0 Å². The Hall–Kier alpha value is 0.280. The highest BCUT2D eigenvalue weighted by Crippen LogP contribution is 2.16. The second-order valence-corrected chi connectivity index (χ2v) is 7.23. The maximum Gasteiger partial charge on any atom is 0.224 e. The maximum absolute atomic E-state index is 12.3. The molecule has 24 heavy (non-hydrogen) atoms. The van der Waals surface area contributed by atoms with Crippen molar-refractivity contribution in [2.75, 3.05) is 57.4 Å². The minimum absolute atomic E-state index is 0. The number of likely N-dealkylation sites (N-methyl/N-ethyl adjacent to an activating group) is 1. The summed E-state index contributed by atoms with van der Waals surface area (Å²) in [6.45, 7) is 10.9. The summed E-state index contributed by atoms with van der Waals surface area (Å²) < 4.78 is 5.95. The fourth-order valence-corrected chi connectivity index (χ4v) is 4.02. The van der Waals surface area contributed by atoms with Gasteiger partial charge in [0.25, 0.3) is 0 Å². The summed E-state index contributed by atoms with van der Waals surface area (Å²) in [6, 6.07) is 0.355. The molecule has 2 fully saturated rings. The smallest absolute Gasteiger partial charge is 0.224 e. The van der Waals surface area contributed by atoms with Gasteiger partial charge in [-0.15, -0.1) is 24.8 Å². The van der Waals surface area contributed by atoms with Gasteiger partial charge in [-0.2, -0.15) is 11.8 Å². The minimum Gasteiger partial charge on any atom is -0.375 e. The van der Waals surface area contributed by atoms with Gasteiger partial charge >= 0.3 is 0 Å². The Morgan fingerprint density at radius 2 is 2.08 bits per heavy atom. The topological polar surface area (TPSA) is 44.8 Å². The third-order valence-electron chi connectivity index (χ3n) is 4.57. The molecule has 0 saturated carbocycles. The van der Waals surface area contributed by atoms with E-state index in [4.69, 9.17) is 4.74 Å². The highest BCUT2D eigenvalue weighted by molar-refractivity contribution is 7.99. The summed E-state index contributed by atoms with van der Waals surface area (Å²) in [4.78, 5) is 16.7. The van der Waals surface area contributed by atoms with Gasteiger partial charge < -0.3 is 19.9 Å². The third-order valence-corrected chi connectivity index (χ3v) is 5.70. The molecular formula is C16H33Cl2N3O2S. The molecule has 2 saturated heterocycles. The lowest BCUT2D eigenvalue weighted by atomic mass is 10.2. The summed E-state index contributed by atoms with van der Waals surface area (Å²) in [5.41, 5.74) is 0. The minimum atomic E-state index is 0. The Morgan fingerprint density at radius 1 is 1.33 bits per heavy atom. The molecule has 0 aliphatic carbocycles. The number of nitrogens with zero attached hydrogens (tertiary/aromatic N) is 2. The van der Waals surface area contributed by atoms with Gasteiger partial charge in [-0.1, -0.05) is 13.8 Å². The van der Waals surface area contributed by atoms with Crippen molar-refractivity contribution in [3.8, 4) is 0 Å². The third kappa shape index (κ3) is 8.11. The molecule has 8 heteroatoms. The zero-order valence-electron chi connectivity index (χ0n) is 14.9. The molecule has 0 aromatic carbocycles. The zero-order valence-corrected chi connectivity index (χ0v) is 17.3. The van der Waals surface area contributed by atoms with Crippen LogP contribution in [0.1, 0.15) is 26.7 Å². The highest BCUT2D eigenvalue weighted by atomic mass is 35.5. The van der Waals surface area contributed by atoms with Crippen molar-refractivity contribution in [2.24, 2.45) is 0 Å². The lowest BCUT2D eigenvalue weighted by Gasteiger charge is -2.25. The number of carbonyl (C=O) groups excluding carboxylic acids is 1. The van der Waals surface area contributed by atoms with Crippen molar-refractivity contribution in [3.05, 3.63) is 0 Å². The summed E-state index contributed by atoms with van der Waals surface area (Å²) >= 11 is 1.94. The van der Waals surface area contributed by atoms with Crippen LogP contribution in [-0.2, 0) is 9.53 Å². The molecule has 0 radical (unpaired) electrons. The molecule has 1 N–H and O–H groups in total. The van der Waals surface area contributed by atoms with Gasteiger partial charge in [0, 0.05) is 50.1 Å². The van der Waals surface area contributed by atoms with Crippen LogP contribution in [0.15, 0.2) is 0 Å². The lowest BCUT2D eigenvalue weighted by molar-refractivity contribution is -0.131. The average molecular weight is 402 g/mol. The number of ether oxygens (including phenoxy) is 1. The molecule has 1 amide bonds. The number of rotatable bonds is 8. The predicted octanol–water partition coefficient (Wildman–Crippen LogP) is 1.88. The molecule has 2 rings (SSSR count). The molecule has 0 aromatic rings. The van der Waals surface area contributed by atoms with E-state index in [0.717, 1.165) is 63.8 Å². The van der Waals surface area contributed by atoms with E-state index in [2.05, 4.69) is 24.1 Å². The van der Waals surface area contributed by atoms with Crippen molar-refractivity contribution in [1.29, 1.82) is 0 Å². The van der Waals surface area contributed by atoms with Crippen LogP contribution in [-0.4, -0.2) is 85.2 Å². The van der Waals surface area contributed by atoms with Crippen molar-refractivity contribution >= 4 is 42.5 Å². The van der Waals surface area contributed by atoms with Gasteiger partial charge in [-0.3, -0.25) is 4.79 Å². The Labute approximate surface area is 163 Å². The zero-order chi connectivity index (χ0) is 15.8. The number of hydrogen-bond acceptors (Lipinski definition) is 5. The largest absolute Gasteiger partial charge is 0.375 e. The van der Waals surface area contributed by atoms with Crippen LogP contribution in [0.5, 0.6) is 0 Å². The quantitative estimate of drug-likeness (QED) is 0.672. The summed E-state index contributed by atoms with van der Waals surface area (Å²) in [7, 11) is 0. The average Bonchev–Trinajstić information content (AvgIpc) is 3.01. The fourth-order valence-electron chi connectivity index (χ4n) is 3.07. The fraction of sp³-hybridized carbons (Fsp3) is 0.938. The monoisotopic (exact) mass is 401 g/mol. The molecule has 0 spiro atoms. The number of amides is 1. The maximum atomic E-state index is 12.3. The molecule has 2 aliphatic heterocycles. The second kappa shape index (κ2) is 13.5. The molecular weight excluding hydrogens is 369 g/mol. The van der Waals surface area contributed by atoms with Gasteiger partial charge in [0.15, 0.2) is 0 Å². The number of nitrogens with one attached hydrogen (secondary N) is 1. The molecule has 2 unspecified atom stereocenters. The van der Waals surface area contributed by atoms with E-state index < -0.39 is 0 Å². The van der Waals surface area contributed by atoms with Crippen molar-refractivity contribution in [1.82, 2.24) is 15.1 Å². The van der Waals surface area contributed by atoms with Crippen LogP contribution in [0.4, 0.5) is 0 Å². The van der Waals surface area contributed by atoms with E-state index in [1.165, 1.54) is 0 Å². The van der Waals surface area contributed by atoms with Gasteiger partial charge in [0.05, 0.1) is 12.7 Å². The Bertz CT molecular complexity index is 343. The Balaban J connectivity index is 0.00000264. The molecule has 0 aromatic heterocycles. The number of likely N-dealkylation sites (tertiary alicyclic amines) is 1. The normalized spacial score (nSPS) is 23.7. The van der Waals surface area contributed by atoms with Crippen LogP contribution in [0, 0.1) is 0 Å². The van der Waals surface area contributed by atoms with Crippen LogP contribution >= 0.6 is 36.6 Å². The number of hydrogen-bond donors (Lipinski definition) is 1. The first kappa shape index (κ1) is 24.3. The molecule has 2 heterocycles. The number of carbonyl (C=O) groups is 1. The first-order valence-corrected chi connectivity index (χ1v) is 9.81. The summed E-state index contributed by atoms with van der Waals surface area (Å²) in [5, 5.41) is 3.44. The van der Waals surface area contributed by atoms with E-state index in [-0.39, 0.29) is 36.8 Å². The molecule has 144 valence electrons. The van der Waals surface area contributed by atoms with Crippen LogP contribution < -0.4 is 5.32 Å². The summed E-state index contributed by atoms with van der Waals surface area (Å²) in [6.07, 6.45) is 1.85. The molecule has 2 atom stereocenters. The van der Waals surface area contributed by atoms with Crippen molar-refractivity contribution in [3.63, 3.8) is 0 Å². The Morgan fingerprint density at radius 3 is 2.71 bits per heavy atom. The van der Waals surface area contributed by atoms with E-state index in [9.17, 15) is 4.79 Å². The second-order valence-electron chi connectivity index (χ2n) is 6.08.